The Labute approximate surface area is 181 Å². The standard InChI is InChI=1S/C12H8Br2O.Y.Yb/c13-7-12(15)10-2-1-9-6-11(14)4-3-8(9)5-10;;/h1-6H,7H2;;. The third kappa shape index (κ3) is 5.09. The van der Waals surface area contributed by atoms with Gasteiger partial charge in [0, 0.05) is 89.7 Å². The summed E-state index contributed by atoms with van der Waals surface area (Å²) in [5, 5.41) is 2.59. The van der Waals surface area contributed by atoms with Crippen molar-refractivity contribution >= 4 is 48.4 Å². The summed E-state index contributed by atoms with van der Waals surface area (Å²) in [5.41, 5.74) is 0.752. The largest absolute Gasteiger partial charge is 0.293 e. The molecule has 0 aliphatic carbocycles. The maximum Gasteiger partial charge on any atom is 0.173 e. The van der Waals surface area contributed by atoms with Crippen LogP contribution in [0.25, 0.3) is 10.8 Å². The van der Waals surface area contributed by atoms with Gasteiger partial charge >= 0.3 is 0 Å². The van der Waals surface area contributed by atoms with Crippen LogP contribution in [0.3, 0.4) is 0 Å². The molecule has 93 valence electrons. The molecule has 0 unspecified atom stereocenters. The first-order chi connectivity index (χ1) is 7.20. The summed E-state index contributed by atoms with van der Waals surface area (Å²) in [6.45, 7) is 0. The van der Waals surface area contributed by atoms with Crippen LogP contribution in [0.1, 0.15) is 10.4 Å². The molecule has 0 spiro atoms. The second kappa shape index (κ2) is 8.99. The minimum Gasteiger partial charge on any atom is -0.293 e. The number of halogens is 2. The number of benzene rings is 2. The summed E-state index contributed by atoms with van der Waals surface area (Å²) in [6.07, 6.45) is 0. The van der Waals surface area contributed by atoms with Gasteiger partial charge in [-0.1, -0.05) is 50.1 Å². The van der Waals surface area contributed by atoms with Crippen molar-refractivity contribution in [3.05, 3.63) is 46.4 Å². The average Bonchev–Trinajstić information content (AvgIpc) is 2.27. The predicted octanol–water partition coefficient (Wildman–Crippen LogP) is 4.18. The van der Waals surface area contributed by atoms with Gasteiger partial charge in [-0.2, -0.15) is 0 Å². The van der Waals surface area contributed by atoms with Crippen LogP contribution >= 0.6 is 31.9 Å². The number of carbonyl (C=O) groups excluding carboxylic acids is 1. The van der Waals surface area contributed by atoms with E-state index in [1.165, 1.54) is 0 Å². The molecule has 0 aliphatic rings. The molecule has 2 aromatic rings. The Morgan fingerprint density at radius 2 is 1.65 bits per heavy atom. The fourth-order valence-electron chi connectivity index (χ4n) is 1.47. The number of fused-ring (bicyclic) bond motifs is 1. The number of ketones is 1. The van der Waals surface area contributed by atoms with E-state index >= 15 is 0 Å². The van der Waals surface area contributed by atoms with Gasteiger partial charge in [0.25, 0.3) is 0 Å². The van der Waals surface area contributed by atoms with Crippen molar-refractivity contribution in [2.45, 2.75) is 0 Å². The van der Waals surface area contributed by atoms with Crippen molar-refractivity contribution < 1.29 is 84.4 Å². The molecule has 0 fully saturated rings. The third-order valence-corrected chi connectivity index (χ3v) is 3.25. The molecule has 0 heterocycles. The topological polar surface area (TPSA) is 17.1 Å². The molecular weight excluding hydrogens is 582 g/mol. The Morgan fingerprint density at radius 3 is 2.29 bits per heavy atom. The molecule has 0 bridgehead atoms. The summed E-state index contributed by atoms with van der Waals surface area (Å²) < 4.78 is 1.05. The van der Waals surface area contributed by atoms with E-state index in [1.807, 2.05) is 36.4 Å². The van der Waals surface area contributed by atoms with Gasteiger partial charge < -0.3 is 0 Å². The van der Waals surface area contributed by atoms with Crippen molar-refractivity contribution in [1.29, 1.82) is 0 Å². The predicted molar refractivity (Wildman–Crippen MR) is 69.8 cm³/mol. The van der Waals surface area contributed by atoms with E-state index in [0.29, 0.717) is 5.33 Å². The van der Waals surface area contributed by atoms with Crippen molar-refractivity contribution in [3.63, 3.8) is 0 Å². The third-order valence-electron chi connectivity index (χ3n) is 2.25. The molecule has 1 nitrogen and oxygen atoms in total. The van der Waals surface area contributed by atoms with E-state index in [0.717, 1.165) is 20.8 Å². The molecule has 17 heavy (non-hydrogen) atoms. The van der Waals surface area contributed by atoms with Crippen LogP contribution < -0.4 is 0 Å². The van der Waals surface area contributed by atoms with Crippen molar-refractivity contribution in [2.75, 3.05) is 5.33 Å². The summed E-state index contributed by atoms with van der Waals surface area (Å²) >= 11 is 6.59. The fraction of sp³-hybridized carbons (Fsp3) is 0.0833. The normalized spacial score (nSPS) is 9.29. The van der Waals surface area contributed by atoms with Gasteiger partial charge in [0.2, 0.25) is 0 Å². The summed E-state index contributed by atoms with van der Waals surface area (Å²) in [5.74, 6) is 0.111. The molecule has 0 saturated heterocycles. The number of Topliss-reactive ketones (excluding diaryl/α,β-unsaturated/α-hetero) is 1. The molecule has 0 N–H and O–H groups in total. The van der Waals surface area contributed by atoms with Crippen molar-refractivity contribution in [3.8, 4) is 0 Å². The van der Waals surface area contributed by atoms with Crippen LogP contribution in [0.2, 0.25) is 0 Å². The van der Waals surface area contributed by atoms with Crippen molar-refractivity contribution in [2.24, 2.45) is 0 Å². The van der Waals surface area contributed by atoms with Crippen LogP contribution in [0.4, 0.5) is 0 Å². The maximum absolute atomic E-state index is 11.5. The second-order valence-electron chi connectivity index (χ2n) is 3.26. The molecule has 2 rings (SSSR count). The van der Waals surface area contributed by atoms with Crippen LogP contribution in [0.5, 0.6) is 0 Å². The Kier molecular flexibility index (Phi) is 10.0. The quantitative estimate of drug-likeness (QED) is 0.380. The SMILES string of the molecule is O=C(CBr)c1ccc2cc(Br)ccc2c1.[Y].[Yb]. The zero-order valence-electron chi connectivity index (χ0n) is 8.68. The zero-order chi connectivity index (χ0) is 10.8. The molecule has 0 atom stereocenters. The van der Waals surface area contributed by atoms with E-state index in [4.69, 9.17) is 0 Å². The molecular formula is C12H8Br2OYYb. The van der Waals surface area contributed by atoms with Crippen molar-refractivity contribution in [1.82, 2.24) is 0 Å². The molecule has 1 radical (unpaired) electrons. The maximum atomic E-state index is 11.5. The smallest absolute Gasteiger partial charge is 0.173 e. The number of rotatable bonds is 2. The van der Waals surface area contributed by atoms with Crippen LogP contribution in [0, 0.1) is 46.9 Å². The van der Waals surface area contributed by atoms with Crippen LogP contribution in [0.15, 0.2) is 40.9 Å². The van der Waals surface area contributed by atoms with Crippen LogP contribution in [-0.4, -0.2) is 11.1 Å². The number of alkyl halides is 1. The van der Waals surface area contributed by atoms with Gasteiger partial charge in [0.1, 0.15) is 0 Å². The molecule has 0 aromatic heterocycles. The monoisotopic (exact) mass is 589 g/mol. The summed E-state index contributed by atoms with van der Waals surface area (Å²) in [6, 6.07) is 11.8. The fourth-order valence-corrected chi connectivity index (χ4v) is 2.17. The minimum absolute atomic E-state index is 0. The van der Waals surface area contributed by atoms with Crippen LogP contribution in [-0.2, 0) is 32.7 Å². The Morgan fingerprint density at radius 1 is 1.06 bits per heavy atom. The summed E-state index contributed by atoms with van der Waals surface area (Å²) in [4.78, 5) is 11.5. The van der Waals surface area contributed by atoms with E-state index in [1.54, 1.807) is 0 Å². The number of hydrogen-bond acceptors (Lipinski definition) is 1. The Hall–Kier alpha value is 1.95. The van der Waals surface area contributed by atoms with Gasteiger partial charge in [-0.3, -0.25) is 4.79 Å². The number of hydrogen-bond donors (Lipinski definition) is 0. The Balaban J connectivity index is 0.00000128. The molecule has 0 amide bonds. The van der Waals surface area contributed by atoms with E-state index in [2.05, 4.69) is 31.9 Å². The van der Waals surface area contributed by atoms with E-state index < -0.39 is 0 Å². The first-order valence-corrected chi connectivity index (χ1v) is 6.40. The van der Waals surface area contributed by atoms with Gasteiger partial charge in [0.15, 0.2) is 5.78 Å². The van der Waals surface area contributed by atoms with Gasteiger partial charge in [-0.25, -0.2) is 0 Å². The minimum atomic E-state index is 0. The van der Waals surface area contributed by atoms with Gasteiger partial charge in [0.05, 0.1) is 5.33 Å². The molecule has 2 aromatic carbocycles. The second-order valence-corrected chi connectivity index (χ2v) is 4.74. The van der Waals surface area contributed by atoms with Gasteiger partial charge in [-0.05, 0) is 29.0 Å². The van der Waals surface area contributed by atoms with E-state index in [-0.39, 0.29) is 85.4 Å². The zero-order valence-corrected chi connectivity index (χ0v) is 16.4. The van der Waals surface area contributed by atoms with Gasteiger partial charge in [-0.15, -0.1) is 0 Å². The first kappa shape index (κ1) is 19.0. The van der Waals surface area contributed by atoms with E-state index in [9.17, 15) is 4.79 Å². The summed E-state index contributed by atoms with van der Waals surface area (Å²) in [7, 11) is 0. The first-order valence-electron chi connectivity index (χ1n) is 4.49. The average molecular weight is 590 g/mol. The molecule has 5 heteroatoms. The number of carbonyl (C=O) groups is 1. The Bertz CT molecular complexity index is 531. The molecule has 0 saturated carbocycles. The molecule has 0 aliphatic heterocycles.